The van der Waals surface area contributed by atoms with E-state index in [-0.39, 0.29) is 11.9 Å². The number of methoxy groups -OCH3 is 1. The Labute approximate surface area is 117 Å². The Balaban J connectivity index is 2.54. The molecule has 1 unspecified atom stereocenters. The lowest BCUT2D eigenvalue weighted by atomic mass is 10.1. The zero-order valence-electron chi connectivity index (χ0n) is 12.7. The molecular formula is C15H30N2O2. The van der Waals surface area contributed by atoms with Gasteiger partial charge in [-0.25, -0.2) is 0 Å². The predicted molar refractivity (Wildman–Crippen MR) is 77.9 cm³/mol. The summed E-state index contributed by atoms with van der Waals surface area (Å²) in [6, 6.07) is 0.0536. The molecule has 112 valence electrons. The minimum Gasteiger partial charge on any atom is -0.385 e. The summed E-state index contributed by atoms with van der Waals surface area (Å²) in [5.74, 6) is 0.632. The van der Waals surface area contributed by atoms with Crippen LogP contribution >= 0.6 is 0 Å². The van der Waals surface area contributed by atoms with E-state index in [1.807, 2.05) is 0 Å². The van der Waals surface area contributed by atoms with E-state index < -0.39 is 0 Å². The molecule has 0 bridgehead atoms. The van der Waals surface area contributed by atoms with Gasteiger partial charge in [-0.15, -0.1) is 0 Å². The van der Waals surface area contributed by atoms with Gasteiger partial charge in [-0.3, -0.25) is 4.79 Å². The molecule has 0 aromatic carbocycles. The van der Waals surface area contributed by atoms with Gasteiger partial charge in [0.1, 0.15) is 0 Å². The van der Waals surface area contributed by atoms with E-state index in [9.17, 15) is 4.79 Å². The molecule has 0 radical (unpaired) electrons. The van der Waals surface area contributed by atoms with Crippen molar-refractivity contribution in [2.75, 3.05) is 20.3 Å². The van der Waals surface area contributed by atoms with E-state index in [1.54, 1.807) is 7.11 Å². The number of nitrogens with zero attached hydrogens (tertiary/aromatic N) is 1. The summed E-state index contributed by atoms with van der Waals surface area (Å²) >= 11 is 0. The van der Waals surface area contributed by atoms with Crippen LogP contribution in [0.2, 0.25) is 0 Å². The van der Waals surface area contributed by atoms with Crippen LogP contribution in [0.3, 0.4) is 0 Å². The monoisotopic (exact) mass is 270 g/mol. The van der Waals surface area contributed by atoms with E-state index in [0.717, 1.165) is 25.8 Å². The van der Waals surface area contributed by atoms with Crippen LogP contribution in [0.5, 0.6) is 0 Å². The summed E-state index contributed by atoms with van der Waals surface area (Å²) in [5.41, 5.74) is 6.06. The molecule has 1 atom stereocenters. The van der Waals surface area contributed by atoms with Crippen molar-refractivity contribution in [3.63, 3.8) is 0 Å². The Kier molecular flexibility index (Phi) is 7.39. The average Bonchev–Trinajstić information content (AvgIpc) is 2.88. The first-order valence-electron chi connectivity index (χ1n) is 7.61. The van der Waals surface area contributed by atoms with Gasteiger partial charge >= 0.3 is 0 Å². The Bertz CT molecular complexity index is 263. The number of carbonyl (C=O) groups excluding carboxylic acids is 1. The van der Waals surface area contributed by atoms with Crippen LogP contribution in [-0.4, -0.2) is 43.2 Å². The van der Waals surface area contributed by atoms with E-state index in [0.29, 0.717) is 25.0 Å². The second kappa shape index (κ2) is 8.54. The first-order chi connectivity index (χ1) is 9.06. The molecule has 0 saturated heterocycles. The third-order valence-corrected chi connectivity index (χ3v) is 3.79. The summed E-state index contributed by atoms with van der Waals surface area (Å²) in [5, 5.41) is 0. The van der Waals surface area contributed by atoms with Crippen molar-refractivity contribution in [1.29, 1.82) is 0 Å². The largest absolute Gasteiger partial charge is 0.385 e. The Morgan fingerprint density at radius 2 is 2.00 bits per heavy atom. The molecule has 4 heteroatoms. The summed E-state index contributed by atoms with van der Waals surface area (Å²) < 4.78 is 5.02. The maximum Gasteiger partial charge on any atom is 0.239 e. The first-order valence-corrected chi connectivity index (χ1v) is 7.61. The van der Waals surface area contributed by atoms with Gasteiger partial charge in [-0.2, -0.15) is 0 Å². The van der Waals surface area contributed by atoms with Gasteiger partial charge in [0.25, 0.3) is 0 Å². The van der Waals surface area contributed by atoms with E-state index >= 15 is 0 Å². The lowest BCUT2D eigenvalue weighted by Gasteiger charge is -2.32. The molecule has 0 aromatic heterocycles. The van der Waals surface area contributed by atoms with Crippen molar-refractivity contribution in [1.82, 2.24) is 4.90 Å². The van der Waals surface area contributed by atoms with Crippen LogP contribution in [-0.2, 0) is 9.53 Å². The normalized spacial score (nSPS) is 17.9. The highest BCUT2D eigenvalue weighted by Gasteiger charge is 2.29. The maximum absolute atomic E-state index is 12.5. The molecule has 1 saturated carbocycles. The van der Waals surface area contributed by atoms with Gasteiger partial charge in [-0.05, 0) is 31.6 Å². The summed E-state index contributed by atoms with van der Waals surface area (Å²) in [6.45, 7) is 5.83. The van der Waals surface area contributed by atoms with Crippen LogP contribution in [0, 0.1) is 5.92 Å². The van der Waals surface area contributed by atoms with Gasteiger partial charge in [0.05, 0.1) is 6.04 Å². The fourth-order valence-electron chi connectivity index (χ4n) is 2.81. The smallest absolute Gasteiger partial charge is 0.239 e. The highest BCUT2D eigenvalue weighted by molar-refractivity contribution is 5.82. The summed E-state index contributed by atoms with van der Waals surface area (Å²) in [4.78, 5) is 14.6. The van der Waals surface area contributed by atoms with Crippen molar-refractivity contribution < 1.29 is 9.53 Å². The van der Waals surface area contributed by atoms with Crippen LogP contribution in [0.1, 0.15) is 52.4 Å². The van der Waals surface area contributed by atoms with Crippen LogP contribution < -0.4 is 5.73 Å². The third kappa shape index (κ3) is 5.49. The molecule has 0 aliphatic heterocycles. The standard InChI is InChI=1S/C15H30N2O2/c1-12(2)11-17(13-7-4-5-8-13)15(18)14(16)9-6-10-19-3/h12-14H,4-11,16H2,1-3H3. The van der Waals surface area contributed by atoms with Crippen molar-refractivity contribution in [3.8, 4) is 0 Å². The Hall–Kier alpha value is -0.610. The lowest BCUT2D eigenvalue weighted by Crippen LogP contribution is -2.49. The van der Waals surface area contributed by atoms with Gasteiger partial charge < -0.3 is 15.4 Å². The Morgan fingerprint density at radius 1 is 1.37 bits per heavy atom. The second-order valence-electron chi connectivity index (χ2n) is 6.06. The highest BCUT2D eigenvalue weighted by Crippen LogP contribution is 2.25. The minimum atomic E-state index is -0.366. The molecule has 1 fully saturated rings. The number of hydrogen-bond donors (Lipinski definition) is 1. The first kappa shape index (κ1) is 16.4. The van der Waals surface area contributed by atoms with Crippen LogP contribution in [0.4, 0.5) is 0 Å². The molecule has 1 aliphatic carbocycles. The summed E-state index contributed by atoms with van der Waals surface area (Å²) in [6.07, 6.45) is 6.33. The minimum absolute atomic E-state index is 0.136. The molecule has 2 N–H and O–H groups in total. The van der Waals surface area contributed by atoms with Crippen LogP contribution in [0.15, 0.2) is 0 Å². The van der Waals surface area contributed by atoms with Gasteiger partial charge in [0.15, 0.2) is 0 Å². The average molecular weight is 270 g/mol. The van der Waals surface area contributed by atoms with Gasteiger partial charge in [-0.1, -0.05) is 26.7 Å². The molecule has 0 aromatic rings. The van der Waals surface area contributed by atoms with E-state index in [1.165, 1.54) is 12.8 Å². The van der Waals surface area contributed by atoms with Crippen LogP contribution in [0.25, 0.3) is 0 Å². The fraction of sp³-hybridized carbons (Fsp3) is 0.933. The molecule has 0 spiro atoms. The quantitative estimate of drug-likeness (QED) is 0.688. The molecule has 1 aliphatic rings. The molecule has 0 heterocycles. The summed E-state index contributed by atoms with van der Waals surface area (Å²) in [7, 11) is 1.68. The molecule has 19 heavy (non-hydrogen) atoms. The number of carbonyl (C=O) groups is 1. The number of hydrogen-bond acceptors (Lipinski definition) is 3. The molecule has 1 amide bonds. The fourth-order valence-corrected chi connectivity index (χ4v) is 2.81. The predicted octanol–water partition coefficient (Wildman–Crippen LogP) is 2.17. The number of ether oxygens (including phenoxy) is 1. The van der Waals surface area contributed by atoms with Crippen molar-refractivity contribution in [2.24, 2.45) is 11.7 Å². The lowest BCUT2D eigenvalue weighted by molar-refractivity contribution is -0.135. The molecular weight excluding hydrogens is 240 g/mol. The zero-order valence-corrected chi connectivity index (χ0v) is 12.7. The van der Waals surface area contributed by atoms with Crippen molar-refractivity contribution >= 4 is 5.91 Å². The topological polar surface area (TPSA) is 55.6 Å². The zero-order chi connectivity index (χ0) is 14.3. The second-order valence-corrected chi connectivity index (χ2v) is 6.06. The van der Waals surface area contributed by atoms with Gasteiger partial charge in [0, 0.05) is 26.3 Å². The third-order valence-electron chi connectivity index (χ3n) is 3.79. The number of amides is 1. The van der Waals surface area contributed by atoms with Gasteiger partial charge in [0.2, 0.25) is 5.91 Å². The van der Waals surface area contributed by atoms with Crippen molar-refractivity contribution in [3.05, 3.63) is 0 Å². The van der Waals surface area contributed by atoms with E-state index in [2.05, 4.69) is 18.7 Å². The SMILES string of the molecule is COCCCC(N)C(=O)N(CC(C)C)C1CCCC1. The Morgan fingerprint density at radius 3 is 2.53 bits per heavy atom. The molecule has 4 nitrogen and oxygen atoms in total. The number of nitrogens with two attached hydrogens (primary N) is 1. The molecule has 1 rings (SSSR count). The van der Waals surface area contributed by atoms with Crippen molar-refractivity contribution in [2.45, 2.75) is 64.5 Å². The van der Waals surface area contributed by atoms with E-state index in [4.69, 9.17) is 10.5 Å². The maximum atomic E-state index is 12.5. The number of rotatable bonds is 8. The highest BCUT2D eigenvalue weighted by atomic mass is 16.5.